The molecular weight excluding hydrogens is 467 g/mol. The van der Waals surface area contributed by atoms with Crippen molar-refractivity contribution in [2.45, 2.75) is 36.8 Å². The number of anilines is 1. The number of benzene rings is 1. The fraction of sp³-hybridized carbons (Fsp3) is 0.300. The summed E-state index contributed by atoms with van der Waals surface area (Å²) in [5, 5.41) is 0. The SMILES string of the molecule is CCOC(=O)c1cc(CN2C(=O)N(c3ccc(S(=O)(=O)C(F)(F)F)cc3)C(=O)C2C)ccn1. The van der Waals surface area contributed by atoms with Crippen molar-refractivity contribution in [1.29, 1.82) is 0 Å². The molecule has 1 fully saturated rings. The van der Waals surface area contributed by atoms with Gasteiger partial charge in [0.2, 0.25) is 0 Å². The van der Waals surface area contributed by atoms with Crippen LogP contribution in [-0.4, -0.2) is 54.4 Å². The van der Waals surface area contributed by atoms with Crippen LogP contribution in [0.15, 0.2) is 47.5 Å². The zero-order valence-electron chi connectivity index (χ0n) is 17.4. The minimum absolute atomic E-state index is 0.0262. The van der Waals surface area contributed by atoms with Gasteiger partial charge in [-0.25, -0.2) is 27.9 Å². The number of pyridine rings is 1. The van der Waals surface area contributed by atoms with Gasteiger partial charge in [0.15, 0.2) is 0 Å². The number of nitrogens with zero attached hydrogens (tertiary/aromatic N) is 3. The predicted octanol–water partition coefficient (Wildman–Crippen LogP) is 2.91. The van der Waals surface area contributed by atoms with Gasteiger partial charge in [0.25, 0.3) is 15.7 Å². The molecule has 3 amide bonds. The molecule has 1 saturated heterocycles. The molecule has 176 valence electrons. The highest BCUT2D eigenvalue weighted by molar-refractivity contribution is 7.92. The molecule has 1 aromatic carbocycles. The first-order valence-corrected chi connectivity index (χ1v) is 11.0. The quantitative estimate of drug-likeness (QED) is 0.457. The largest absolute Gasteiger partial charge is 0.501 e. The number of halogens is 3. The number of aromatic nitrogens is 1. The molecule has 2 aromatic rings. The van der Waals surface area contributed by atoms with E-state index >= 15 is 0 Å². The number of alkyl halides is 3. The summed E-state index contributed by atoms with van der Waals surface area (Å²) in [5.74, 6) is -1.29. The number of hydrogen-bond acceptors (Lipinski definition) is 7. The third kappa shape index (κ3) is 4.53. The zero-order valence-corrected chi connectivity index (χ0v) is 18.2. The number of amides is 3. The van der Waals surface area contributed by atoms with Crippen LogP contribution in [0.1, 0.15) is 29.9 Å². The van der Waals surface area contributed by atoms with Gasteiger partial charge in [0, 0.05) is 12.7 Å². The molecule has 9 nitrogen and oxygen atoms in total. The highest BCUT2D eigenvalue weighted by Crippen LogP contribution is 2.32. The second kappa shape index (κ2) is 8.81. The Labute approximate surface area is 186 Å². The lowest BCUT2D eigenvalue weighted by molar-refractivity contribution is -0.119. The van der Waals surface area contributed by atoms with E-state index in [1.807, 2.05) is 0 Å². The normalized spacial score (nSPS) is 16.9. The standard InChI is InChI=1S/C20H18F3N3O6S/c1-3-32-18(28)16-10-13(8-9-24-16)11-25-12(2)17(27)26(19(25)29)14-4-6-15(7-5-14)33(30,31)20(21,22)23/h4-10,12H,3,11H2,1-2H3. The van der Waals surface area contributed by atoms with Crippen LogP contribution < -0.4 is 4.90 Å². The molecule has 0 saturated carbocycles. The predicted molar refractivity (Wildman–Crippen MR) is 108 cm³/mol. The molecule has 2 heterocycles. The highest BCUT2D eigenvalue weighted by atomic mass is 32.2. The van der Waals surface area contributed by atoms with Gasteiger partial charge in [0.05, 0.1) is 17.2 Å². The molecule has 13 heteroatoms. The number of esters is 1. The maximum Gasteiger partial charge on any atom is 0.501 e. The van der Waals surface area contributed by atoms with Crippen molar-refractivity contribution in [2.75, 3.05) is 11.5 Å². The first-order valence-electron chi connectivity index (χ1n) is 9.56. The molecule has 1 aromatic heterocycles. The van der Waals surface area contributed by atoms with E-state index in [1.54, 1.807) is 13.0 Å². The van der Waals surface area contributed by atoms with Gasteiger partial charge < -0.3 is 9.64 Å². The Hall–Kier alpha value is -3.48. The molecular formula is C20H18F3N3O6S. The van der Waals surface area contributed by atoms with Crippen molar-refractivity contribution in [1.82, 2.24) is 9.88 Å². The minimum atomic E-state index is -5.56. The molecule has 33 heavy (non-hydrogen) atoms. The van der Waals surface area contributed by atoms with Crippen LogP contribution in [0.25, 0.3) is 0 Å². The second-order valence-corrected chi connectivity index (χ2v) is 8.91. The molecule has 1 unspecified atom stereocenters. The summed E-state index contributed by atoms with van der Waals surface area (Å²) in [6.45, 7) is 3.20. The van der Waals surface area contributed by atoms with Gasteiger partial charge >= 0.3 is 17.5 Å². The number of sulfone groups is 1. The van der Waals surface area contributed by atoms with Crippen molar-refractivity contribution in [3.63, 3.8) is 0 Å². The Balaban J connectivity index is 1.84. The minimum Gasteiger partial charge on any atom is -0.461 e. The van der Waals surface area contributed by atoms with Crippen LogP contribution in [-0.2, 0) is 25.9 Å². The topological polar surface area (TPSA) is 114 Å². The van der Waals surface area contributed by atoms with Crippen molar-refractivity contribution in [2.24, 2.45) is 0 Å². The van der Waals surface area contributed by atoms with Crippen LogP contribution >= 0.6 is 0 Å². The summed E-state index contributed by atoms with van der Waals surface area (Å²) in [6, 6.07) is 4.56. The number of hydrogen-bond donors (Lipinski definition) is 0. The lowest BCUT2D eigenvalue weighted by Crippen LogP contribution is -2.33. The van der Waals surface area contributed by atoms with Gasteiger partial charge in [-0.1, -0.05) is 0 Å². The number of urea groups is 1. The molecule has 0 aliphatic carbocycles. The van der Waals surface area contributed by atoms with E-state index in [0.29, 0.717) is 17.7 Å². The van der Waals surface area contributed by atoms with Crippen molar-refractivity contribution in [3.8, 4) is 0 Å². The van der Waals surface area contributed by atoms with Crippen LogP contribution in [0, 0.1) is 0 Å². The average Bonchev–Trinajstić information content (AvgIpc) is 2.96. The van der Waals surface area contributed by atoms with Crippen LogP contribution in [0.4, 0.5) is 23.7 Å². The van der Waals surface area contributed by atoms with Gasteiger partial charge in [0.1, 0.15) is 11.7 Å². The number of rotatable bonds is 6. The van der Waals surface area contributed by atoms with E-state index in [9.17, 15) is 36.0 Å². The highest BCUT2D eigenvalue weighted by Gasteiger charge is 2.47. The smallest absolute Gasteiger partial charge is 0.461 e. The summed E-state index contributed by atoms with van der Waals surface area (Å²) in [5.41, 5.74) is -5.04. The molecule has 1 aliphatic heterocycles. The van der Waals surface area contributed by atoms with Crippen molar-refractivity contribution < 1.29 is 40.7 Å². The summed E-state index contributed by atoms with van der Waals surface area (Å²) in [4.78, 5) is 42.3. The third-order valence-corrected chi connectivity index (χ3v) is 6.36. The summed E-state index contributed by atoms with van der Waals surface area (Å²) >= 11 is 0. The molecule has 1 aliphatic rings. The van der Waals surface area contributed by atoms with Gasteiger partial charge in [-0.15, -0.1) is 0 Å². The first-order chi connectivity index (χ1) is 15.4. The lowest BCUT2D eigenvalue weighted by atomic mass is 10.2. The number of carbonyl (C=O) groups is 3. The Morgan fingerprint density at radius 2 is 1.79 bits per heavy atom. The van der Waals surface area contributed by atoms with E-state index in [4.69, 9.17) is 4.74 Å². The molecule has 0 bridgehead atoms. The molecule has 1 atom stereocenters. The van der Waals surface area contributed by atoms with Crippen molar-refractivity contribution >= 4 is 33.4 Å². The van der Waals surface area contributed by atoms with Crippen LogP contribution in [0.5, 0.6) is 0 Å². The maximum absolute atomic E-state index is 12.9. The lowest BCUT2D eigenvalue weighted by Gasteiger charge is -2.19. The van der Waals surface area contributed by atoms with Gasteiger partial charge in [-0.05, 0) is 55.8 Å². The molecule has 0 radical (unpaired) electrons. The Morgan fingerprint density at radius 1 is 1.15 bits per heavy atom. The fourth-order valence-electron chi connectivity index (χ4n) is 3.14. The van der Waals surface area contributed by atoms with Gasteiger partial charge in [-0.3, -0.25) is 4.79 Å². The van der Waals surface area contributed by atoms with Crippen LogP contribution in [0.3, 0.4) is 0 Å². The van der Waals surface area contributed by atoms with Crippen LogP contribution in [0.2, 0.25) is 0 Å². The molecule has 3 rings (SSSR count). The summed E-state index contributed by atoms with van der Waals surface area (Å²) in [6.07, 6.45) is 1.35. The van der Waals surface area contributed by atoms with E-state index < -0.39 is 44.2 Å². The Bertz CT molecular complexity index is 1200. The number of carbonyl (C=O) groups excluding carboxylic acids is 3. The third-order valence-electron chi connectivity index (χ3n) is 4.85. The summed E-state index contributed by atoms with van der Waals surface area (Å²) in [7, 11) is -5.56. The zero-order chi connectivity index (χ0) is 24.6. The van der Waals surface area contributed by atoms with E-state index in [0.717, 1.165) is 17.0 Å². The fourth-order valence-corrected chi connectivity index (χ4v) is 3.91. The monoisotopic (exact) mass is 485 g/mol. The van der Waals surface area contributed by atoms with E-state index in [2.05, 4.69) is 4.98 Å². The molecule has 0 spiro atoms. The number of imide groups is 1. The average molecular weight is 485 g/mol. The summed E-state index contributed by atoms with van der Waals surface area (Å²) < 4.78 is 66.1. The van der Waals surface area contributed by atoms with Gasteiger partial charge in [-0.2, -0.15) is 13.2 Å². The maximum atomic E-state index is 12.9. The Kier molecular flexibility index (Phi) is 6.45. The Morgan fingerprint density at radius 3 is 2.36 bits per heavy atom. The van der Waals surface area contributed by atoms with E-state index in [-0.39, 0.29) is 24.5 Å². The van der Waals surface area contributed by atoms with Crippen molar-refractivity contribution in [3.05, 3.63) is 53.9 Å². The second-order valence-electron chi connectivity index (χ2n) is 6.97. The van der Waals surface area contributed by atoms with E-state index in [1.165, 1.54) is 24.1 Å². The number of ether oxygens (including phenoxy) is 1. The first kappa shape index (κ1) is 24.2. The molecule has 0 N–H and O–H groups in total.